The van der Waals surface area contributed by atoms with Crippen LogP contribution in [0.2, 0.25) is 5.02 Å². The quantitative estimate of drug-likeness (QED) is 0.202. The summed E-state index contributed by atoms with van der Waals surface area (Å²) in [5, 5.41) is 0.686. The van der Waals surface area contributed by atoms with E-state index in [2.05, 4.69) is 10.6 Å². The van der Waals surface area contributed by atoms with E-state index in [-0.39, 0.29) is 6.10 Å². The Morgan fingerprint density at radius 3 is 2.57 bits per heavy atom. The fourth-order valence-corrected chi connectivity index (χ4v) is 4.19. The molecule has 0 spiro atoms. The summed E-state index contributed by atoms with van der Waals surface area (Å²) in [6.45, 7) is 5.46. The first kappa shape index (κ1) is 24.7. The predicted octanol–water partition coefficient (Wildman–Crippen LogP) is 7.73. The van der Waals surface area contributed by atoms with Gasteiger partial charge in [-0.05, 0) is 80.8 Å². The molecule has 0 aliphatic rings. The number of ether oxygens (including phenoxy) is 3. The summed E-state index contributed by atoms with van der Waals surface area (Å²) in [6, 6.07) is 21.6. The van der Waals surface area contributed by atoms with Crippen molar-refractivity contribution in [1.29, 1.82) is 0 Å². The summed E-state index contributed by atoms with van der Waals surface area (Å²) in [7, 11) is 1.67. The second-order valence-corrected chi connectivity index (χ2v) is 8.73. The van der Waals surface area contributed by atoms with E-state index in [0.717, 1.165) is 59.1 Å². The van der Waals surface area contributed by atoms with Gasteiger partial charge in [0, 0.05) is 11.6 Å². The van der Waals surface area contributed by atoms with E-state index in [9.17, 15) is 0 Å². The fraction of sp³-hybridized carbons (Fsp3) is 0.276. The molecular weight excluding hydrogens is 460 g/mol. The van der Waals surface area contributed by atoms with Crippen LogP contribution in [0.3, 0.4) is 0 Å². The van der Waals surface area contributed by atoms with E-state index in [1.807, 2.05) is 86.7 Å². The van der Waals surface area contributed by atoms with Crippen molar-refractivity contribution in [3.63, 3.8) is 0 Å². The number of hydrogen-bond acceptors (Lipinski definition) is 4. The maximum absolute atomic E-state index is 6.18. The van der Waals surface area contributed by atoms with Crippen LogP contribution in [0.1, 0.15) is 44.2 Å². The lowest BCUT2D eigenvalue weighted by atomic mass is 10.2. The third kappa shape index (κ3) is 6.17. The highest BCUT2D eigenvalue weighted by atomic mass is 35.5. The van der Waals surface area contributed by atoms with Crippen molar-refractivity contribution < 1.29 is 14.2 Å². The highest BCUT2D eigenvalue weighted by molar-refractivity contribution is 6.30. The van der Waals surface area contributed by atoms with E-state index in [0.29, 0.717) is 11.6 Å². The van der Waals surface area contributed by atoms with E-state index >= 15 is 0 Å². The van der Waals surface area contributed by atoms with Gasteiger partial charge in [0.05, 0.1) is 24.8 Å². The first-order valence-corrected chi connectivity index (χ1v) is 12.3. The summed E-state index contributed by atoms with van der Waals surface area (Å²) in [6.07, 6.45) is 5.68. The molecule has 3 aromatic carbocycles. The van der Waals surface area contributed by atoms with Crippen LogP contribution in [0.25, 0.3) is 17.1 Å². The number of allylic oxidation sites excluding steroid dienone is 1. The van der Waals surface area contributed by atoms with Crippen LogP contribution in [0.15, 0.2) is 72.8 Å². The number of methoxy groups -OCH3 is 1. The zero-order valence-electron chi connectivity index (χ0n) is 20.4. The molecule has 0 amide bonds. The molecule has 0 aliphatic heterocycles. The Balaban J connectivity index is 1.40. The monoisotopic (exact) mass is 490 g/mol. The van der Waals surface area contributed by atoms with Gasteiger partial charge in [0.1, 0.15) is 5.75 Å². The molecule has 5 nitrogen and oxygen atoms in total. The largest absolute Gasteiger partial charge is 0.493 e. The maximum Gasteiger partial charge on any atom is 0.161 e. The Labute approximate surface area is 211 Å². The predicted molar refractivity (Wildman–Crippen MR) is 143 cm³/mol. The summed E-state index contributed by atoms with van der Waals surface area (Å²) >= 11 is 6.01. The first-order valence-electron chi connectivity index (χ1n) is 11.9. The Bertz CT molecular complexity index is 1280. The van der Waals surface area contributed by atoms with Gasteiger partial charge in [-0.2, -0.15) is 0 Å². The molecule has 1 atom stereocenters. The van der Waals surface area contributed by atoms with Gasteiger partial charge in [-0.15, -0.1) is 0 Å². The van der Waals surface area contributed by atoms with Crippen LogP contribution < -0.4 is 14.2 Å². The van der Waals surface area contributed by atoms with Crippen LogP contribution in [0, 0.1) is 0 Å². The molecule has 4 aromatic rings. The molecule has 0 saturated carbocycles. The smallest absolute Gasteiger partial charge is 0.161 e. The molecule has 0 N–H and O–H groups in total. The third-order valence-electron chi connectivity index (χ3n) is 5.75. The van der Waals surface area contributed by atoms with Crippen LogP contribution in [-0.4, -0.2) is 23.3 Å². The molecule has 6 heteroatoms. The number of imidazole rings is 1. The van der Waals surface area contributed by atoms with Crippen LogP contribution in [0.4, 0.5) is 0 Å². The number of unbranched alkanes of at least 4 members (excludes halogenated alkanes) is 1. The molecular formula is C29H31ClN2O3. The van der Waals surface area contributed by atoms with Crippen molar-refractivity contribution in [3.8, 4) is 17.2 Å². The lowest BCUT2D eigenvalue weighted by Crippen LogP contribution is -2.13. The SMILES string of the molecule is C/C=C/c1ccc(OCCCCn2c(C(C)Oc3ccc(Cl)cc3)nc3ccccc32)c(OC)c1. The van der Waals surface area contributed by atoms with E-state index < -0.39 is 0 Å². The molecule has 4 rings (SSSR count). The number of benzene rings is 3. The topological polar surface area (TPSA) is 45.5 Å². The molecule has 1 heterocycles. The number of halogens is 1. The number of hydrogen-bond donors (Lipinski definition) is 0. The highest BCUT2D eigenvalue weighted by Crippen LogP contribution is 2.29. The zero-order valence-corrected chi connectivity index (χ0v) is 21.2. The van der Waals surface area contributed by atoms with Crippen LogP contribution >= 0.6 is 11.6 Å². The summed E-state index contributed by atoms with van der Waals surface area (Å²) in [5.41, 5.74) is 3.17. The molecule has 0 fully saturated rings. The molecule has 1 aromatic heterocycles. The van der Waals surface area contributed by atoms with Gasteiger partial charge in [0.2, 0.25) is 0 Å². The van der Waals surface area contributed by atoms with E-state index in [1.165, 1.54) is 0 Å². The minimum absolute atomic E-state index is 0.209. The lowest BCUT2D eigenvalue weighted by molar-refractivity contribution is 0.210. The van der Waals surface area contributed by atoms with Crippen molar-refractivity contribution in [2.24, 2.45) is 0 Å². The number of nitrogens with zero attached hydrogens (tertiary/aromatic N) is 2. The molecule has 0 radical (unpaired) electrons. The Kier molecular flexibility index (Phi) is 8.32. The van der Waals surface area contributed by atoms with E-state index in [4.69, 9.17) is 30.8 Å². The number of fused-ring (bicyclic) bond motifs is 1. The number of aromatic nitrogens is 2. The molecule has 0 bridgehead atoms. The fourth-order valence-electron chi connectivity index (χ4n) is 4.06. The average molecular weight is 491 g/mol. The molecule has 182 valence electrons. The first-order chi connectivity index (χ1) is 17.1. The zero-order chi connectivity index (χ0) is 24.6. The van der Waals surface area contributed by atoms with Gasteiger partial charge < -0.3 is 18.8 Å². The average Bonchev–Trinajstić information content (AvgIpc) is 3.25. The van der Waals surface area contributed by atoms with Crippen molar-refractivity contribution in [1.82, 2.24) is 9.55 Å². The van der Waals surface area contributed by atoms with Gasteiger partial charge >= 0.3 is 0 Å². The number of rotatable bonds is 11. The molecule has 0 saturated heterocycles. The van der Waals surface area contributed by atoms with Crippen molar-refractivity contribution in [2.45, 2.75) is 39.3 Å². The summed E-state index contributed by atoms with van der Waals surface area (Å²) < 4.78 is 20.0. The number of aryl methyl sites for hydroxylation is 1. The van der Waals surface area contributed by atoms with Crippen molar-refractivity contribution in [3.05, 3.63) is 89.2 Å². The molecule has 35 heavy (non-hydrogen) atoms. The van der Waals surface area contributed by atoms with Crippen molar-refractivity contribution >= 4 is 28.7 Å². The van der Waals surface area contributed by atoms with Crippen molar-refractivity contribution in [2.75, 3.05) is 13.7 Å². The molecule has 1 unspecified atom stereocenters. The summed E-state index contributed by atoms with van der Waals surface area (Å²) in [4.78, 5) is 4.88. The van der Waals surface area contributed by atoms with Gasteiger partial charge in [-0.1, -0.05) is 42.0 Å². The van der Waals surface area contributed by atoms with E-state index in [1.54, 1.807) is 7.11 Å². The Hall–Kier alpha value is -3.44. The lowest BCUT2D eigenvalue weighted by Gasteiger charge is -2.17. The maximum atomic E-state index is 6.18. The third-order valence-corrected chi connectivity index (χ3v) is 6.01. The summed E-state index contributed by atoms with van der Waals surface area (Å²) in [5.74, 6) is 3.18. The number of para-hydroxylation sites is 2. The van der Waals surface area contributed by atoms with Gasteiger partial charge in [-0.3, -0.25) is 0 Å². The minimum Gasteiger partial charge on any atom is -0.493 e. The van der Waals surface area contributed by atoms with Gasteiger partial charge in [0.25, 0.3) is 0 Å². The second-order valence-electron chi connectivity index (χ2n) is 8.29. The van der Waals surface area contributed by atoms with Crippen LogP contribution in [-0.2, 0) is 6.54 Å². The van der Waals surface area contributed by atoms with Gasteiger partial charge in [-0.25, -0.2) is 4.98 Å². The van der Waals surface area contributed by atoms with Crippen LogP contribution in [0.5, 0.6) is 17.2 Å². The minimum atomic E-state index is -0.209. The Morgan fingerprint density at radius 2 is 1.80 bits per heavy atom. The highest BCUT2D eigenvalue weighted by Gasteiger charge is 2.18. The standard InChI is InChI=1S/C29H31ClN2O3/c1-4-9-22-12-17-27(28(20-22)33-3)34-19-8-7-18-32-26-11-6-5-10-25(26)31-29(32)21(2)35-24-15-13-23(30)14-16-24/h4-6,9-17,20-21H,7-8,18-19H2,1-3H3/b9-4+. The van der Waals surface area contributed by atoms with Gasteiger partial charge in [0.15, 0.2) is 23.4 Å². The second kappa shape index (κ2) is 11.8. The Morgan fingerprint density at radius 1 is 1.00 bits per heavy atom. The molecule has 0 aliphatic carbocycles. The normalized spacial score (nSPS) is 12.2.